The third kappa shape index (κ3) is 2.16. The third-order valence-corrected chi connectivity index (χ3v) is 8.74. The van der Waals surface area contributed by atoms with Crippen molar-refractivity contribution in [3.63, 3.8) is 0 Å². The molecule has 0 amide bonds. The summed E-state index contributed by atoms with van der Waals surface area (Å²) in [5.41, 5.74) is 3.13. The fourth-order valence-corrected chi connectivity index (χ4v) is 7.40. The molecule has 3 fully saturated rings. The summed E-state index contributed by atoms with van der Waals surface area (Å²) in [6, 6.07) is 0. The summed E-state index contributed by atoms with van der Waals surface area (Å²) in [4.78, 5) is 0. The Hall–Kier alpha value is -0.830. The van der Waals surface area contributed by atoms with Gasteiger partial charge in [-0.05, 0) is 86.9 Å². The summed E-state index contributed by atoms with van der Waals surface area (Å²) in [6.07, 6.45) is 11.7. The van der Waals surface area contributed by atoms with Crippen LogP contribution in [0.15, 0.2) is 16.8 Å². The Bertz CT molecular complexity index is 582. The molecule has 0 aromatic rings. The van der Waals surface area contributed by atoms with Gasteiger partial charge in [-0.1, -0.05) is 30.7 Å². The van der Waals surface area contributed by atoms with E-state index in [9.17, 15) is 10.3 Å². The minimum Gasteiger partial charge on any atom is -0.411 e. The van der Waals surface area contributed by atoms with E-state index in [-0.39, 0.29) is 6.10 Å². The first-order valence-electron chi connectivity index (χ1n) is 9.96. The molecule has 4 aliphatic rings. The van der Waals surface area contributed by atoms with Gasteiger partial charge >= 0.3 is 0 Å². The first-order valence-corrected chi connectivity index (χ1v) is 9.96. The summed E-state index contributed by atoms with van der Waals surface area (Å²) in [6.45, 7) is 6.95. The molecule has 0 saturated heterocycles. The Labute approximate surface area is 146 Å². The Morgan fingerprint density at radius 1 is 1.12 bits per heavy atom. The van der Waals surface area contributed by atoms with Crippen molar-refractivity contribution in [3.8, 4) is 0 Å². The summed E-state index contributed by atoms with van der Waals surface area (Å²) in [5.74, 6) is 2.79. The van der Waals surface area contributed by atoms with Crippen LogP contribution in [-0.4, -0.2) is 22.1 Å². The molecule has 0 aromatic carbocycles. The van der Waals surface area contributed by atoms with Crippen LogP contribution in [0.25, 0.3) is 0 Å². The van der Waals surface area contributed by atoms with Crippen molar-refractivity contribution in [1.29, 1.82) is 0 Å². The highest BCUT2D eigenvalue weighted by atomic mass is 16.4. The average Bonchev–Trinajstić information content (AvgIpc) is 2.92. The molecule has 24 heavy (non-hydrogen) atoms. The number of rotatable bonds is 1. The molecule has 0 aromatic heterocycles. The molecule has 3 nitrogen and oxygen atoms in total. The van der Waals surface area contributed by atoms with Crippen LogP contribution in [0, 0.1) is 34.5 Å². The first-order chi connectivity index (χ1) is 11.4. The number of hydrogen-bond donors (Lipinski definition) is 2. The predicted molar refractivity (Wildman–Crippen MR) is 96.1 cm³/mol. The van der Waals surface area contributed by atoms with Crippen molar-refractivity contribution in [2.24, 2.45) is 39.7 Å². The molecule has 2 N–H and O–H groups in total. The van der Waals surface area contributed by atoms with Gasteiger partial charge in [-0.2, -0.15) is 0 Å². The fraction of sp³-hybridized carbons (Fsp3) is 0.857. The van der Waals surface area contributed by atoms with Gasteiger partial charge in [0.05, 0.1) is 11.8 Å². The van der Waals surface area contributed by atoms with E-state index in [1.54, 1.807) is 5.57 Å². The largest absolute Gasteiger partial charge is 0.411 e. The number of nitrogens with zero attached hydrogens (tertiary/aromatic N) is 1. The van der Waals surface area contributed by atoms with Crippen molar-refractivity contribution in [2.75, 3.05) is 0 Å². The lowest BCUT2D eigenvalue weighted by Crippen LogP contribution is -2.50. The van der Waals surface area contributed by atoms with Crippen LogP contribution < -0.4 is 0 Å². The molecule has 0 heterocycles. The van der Waals surface area contributed by atoms with Crippen LogP contribution in [0.3, 0.4) is 0 Å². The van der Waals surface area contributed by atoms with Gasteiger partial charge in [-0.25, -0.2) is 0 Å². The van der Waals surface area contributed by atoms with Crippen LogP contribution in [0.5, 0.6) is 0 Å². The normalized spacial score (nSPS) is 51.4. The van der Waals surface area contributed by atoms with E-state index in [1.165, 1.54) is 32.1 Å². The van der Waals surface area contributed by atoms with Crippen molar-refractivity contribution in [3.05, 3.63) is 11.6 Å². The molecular weight excluding hydrogens is 298 g/mol. The van der Waals surface area contributed by atoms with Crippen LogP contribution >= 0.6 is 0 Å². The first kappa shape index (κ1) is 16.6. The smallest absolute Gasteiger partial charge is 0.0577 e. The number of allylic oxidation sites excluding steroid dienone is 1. The second-order valence-corrected chi connectivity index (χ2v) is 9.57. The molecule has 3 heteroatoms. The molecule has 3 saturated carbocycles. The van der Waals surface area contributed by atoms with Crippen LogP contribution in [0.1, 0.15) is 72.1 Å². The summed E-state index contributed by atoms with van der Waals surface area (Å²) in [7, 11) is 0. The molecule has 4 aliphatic carbocycles. The number of oxime groups is 1. The van der Waals surface area contributed by atoms with Gasteiger partial charge in [0.25, 0.3) is 0 Å². The highest BCUT2D eigenvalue weighted by Gasteiger charge is 2.59. The maximum Gasteiger partial charge on any atom is 0.0577 e. The Kier molecular flexibility index (Phi) is 3.87. The predicted octanol–water partition coefficient (Wildman–Crippen LogP) is 4.78. The van der Waals surface area contributed by atoms with Gasteiger partial charge in [0.2, 0.25) is 0 Å². The quantitative estimate of drug-likeness (QED) is 0.314. The van der Waals surface area contributed by atoms with E-state index >= 15 is 0 Å². The molecule has 0 bridgehead atoms. The van der Waals surface area contributed by atoms with E-state index in [1.807, 2.05) is 6.92 Å². The molecule has 4 rings (SSSR count). The summed E-state index contributed by atoms with van der Waals surface area (Å²) < 4.78 is 0. The van der Waals surface area contributed by atoms with Crippen molar-refractivity contribution in [2.45, 2.75) is 78.2 Å². The van der Waals surface area contributed by atoms with E-state index in [2.05, 4.69) is 25.1 Å². The number of aliphatic hydroxyl groups excluding tert-OH is 1. The fourth-order valence-electron chi connectivity index (χ4n) is 7.40. The van der Waals surface area contributed by atoms with Gasteiger partial charge < -0.3 is 10.3 Å². The summed E-state index contributed by atoms with van der Waals surface area (Å²) >= 11 is 0. The summed E-state index contributed by atoms with van der Waals surface area (Å²) in [5, 5.41) is 23.0. The zero-order chi connectivity index (χ0) is 17.1. The maximum absolute atomic E-state index is 10.1. The number of fused-ring (bicyclic) bond motifs is 5. The van der Waals surface area contributed by atoms with E-state index < -0.39 is 0 Å². The maximum atomic E-state index is 10.1. The van der Waals surface area contributed by atoms with Crippen LogP contribution in [0.4, 0.5) is 0 Å². The van der Waals surface area contributed by atoms with Gasteiger partial charge in [-0.15, -0.1) is 0 Å². The molecule has 0 aliphatic heterocycles. The van der Waals surface area contributed by atoms with Gasteiger partial charge in [0.1, 0.15) is 0 Å². The average molecular weight is 332 g/mol. The lowest BCUT2D eigenvalue weighted by atomic mass is 9.47. The molecular formula is C21H33NO2. The number of aliphatic hydroxyl groups is 1. The van der Waals surface area contributed by atoms with E-state index in [4.69, 9.17) is 0 Å². The van der Waals surface area contributed by atoms with Crippen molar-refractivity contribution >= 4 is 5.71 Å². The molecule has 7 atom stereocenters. The van der Waals surface area contributed by atoms with Gasteiger partial charge in [-0.3, -0.25) is 0 Å². The standard InChI is InChI=1S/C21H33NO2/c1-13(22-24)17-6-7-18-16-5-4-14-12-15(23)8-10-20(14,2)19(16)9-11-21(17,18)3/h4,15-19,23-24H,5-12H2,1-3H3/b22-13-/t15-,16+,17-,18+,19+,20+,21-/m1/s1. The second kappa shape index (κ2) is 5.59. The van der Waals surface area contributed by atoms with Crippen molar-refractivity contribution < 1.29 is 10.3 Å². The SMILES string of the molecule is C/C(=N/O)[C@H]1CC[C@H]2[C@@H]3CC=C4C[C@H](O)CC[C@]4(C)[C@H]3CC[C@]12C. The Morgan fingerprint density at radius 2 is 1.92 bits per heavy atom. The zero-order valence-electron chi connectivity index (χ0n) is 15.5. The lowest BCUT2D eigenvalue weighted by molar-refractivity contribution is -0.0425. The third-order valence-electron chi connectivity index (χ3n) is 8.74. The number of hydrogen-bond acceptors (Lipinski definition) is 3. The Balaban J connectivity index is 1.65. The monoisotopic (exact) mass is 331 g/mol. The minimum atomic E-state index is -0.117. The van der Waals surface area contributed by atoms with Gasteiger partial charge in [0, 0.05) is 5.92 Å². The molecule has 0 unspecified atom stereocenters. The zero-order valence-corrected chi connectivity index (χ0v) is 15.5. The van der Waals surface area contributed by atoms with Gasteiger partial charge in [0.15, 0.2) is 0 Å². The van der Waals surface area contributed by atoms with Crippen molar-refractivity contribution in [1.82, 2.24) is 0 Å². The highest BCUT2D eigenvalue weighted by Crippen LogP contribution is 2.66. The molecule has 0 spiro atoms. The van der Waals surface area contributed by atoms with E-state index in [0.29, 0.717) is 16.7 Å². The molecule has 0 radical (unpaired) electrons. The highest BCUT2D eigenvalue weighted by molar-refractivity contribution is 5.85. The van der Waals surface area contributed by atoms with Crippen LogP contribution in [0.2, 0.25) is 0 Å². The Morgan fingerprint density at radius 3 is 2.67 bits per heavy atom. The molecule has 134 valence electrons. The lowest BCUT2D eigenvalue weighted by Gasteiger charge is -2.58. The van der Waals surface area contributed by atoms with E-state index in [0.717, 1.165) is 42.7 Å². The van der Waals surface area contributed by atoms with Crippen LogP contribution in [-0.2, 0) is 0 Å². The topological polar surface area (TPSA) is 52.8 Å². The minimum absolute atomic E-state index is 0.117. The second-order valence-electron chi connectivity index (χ2n) is 9.57.